The third-order valence-electron chi connectivity index (χ3n) is 3.00. The van der Waals surface area contributed by atoms with E-state index >= 15 is 0 Å². The average molecular weight is 390 g/mol. The van der Waals surface area contributed by atoms with E-state index in [-0.39, 0.29) is 24.7 Å². The third-order valence-corrected chi connectivity index (χ3v) is 3.00. The van der Waals surface area contributed by atoms with E-state index in [9.17, 15) is 19.2 Å². The van der Waals surface area contributed by atoms with Crippen molar-refractivity contribution in [2.45, 2.75) is 26.7 Å². The fourth-order valence-electron chi connectivity index (χ4n) is 1.89. The highest BCUT2D eigenvalue weighted by Crippen LogP contribution is 2.14. The number of carbonyl (C=O) groups excluding carboxylic acids is 4. The van der Waals surface area contributed by atoms with Crippen LogP contribution >= 0.6 is 0 Å². The minimum absolute atomic E-state index is 0.0310. The molecule has 0 aliphatic carbocycles. The minimum atomic E-state index is -0.817. The average Bonchev–Trinajstić information content (AvgIpc) is 2.59. The molecule has 0 unspecified atom stereocenters. The summed E-state index contributed by atoms with van der Waals surface area (Å²) in [5, 5.41) is 12.6. The summed E-state index contributed by atoms with van der Waals surface area (Å²) in [5.41, 5.74) is 15.6. The molecule has 0 bridgehead atoms. The van der Waals surface area contributed by atoms with Gasteiger partial charge in [0.15, 0.2) is 0 Å². The van der Waals surface area contributed by atoms with E-state index in [1.165, 1.54) is 0 Å². The maximum absolute atomic E-state index is 11.9. The highest BCUT2D eigenvalue weighted by atomic mass is 16.2. The summed E-state index contributed by atoms with van der Waals surface area (Å²) in [5.74, 6) is -0.670. The molecule has 0 atom stereocenters. The molecule has 0 radical (unpaired) electrons. The van der Waals surface area contributed by atoms with Crippen molar-refractivity contribution < 1.29 is 19.2 Å². The van der Waals surface area contributed by atoms with Gasteiger partial charge in [-0.25, -0.2) is 20.4 Å². The molecule has 0 saturated carbocycles. The number of hydrogen-bond donors (Lipinski definition) is 6. The van der Waals surface area contributed by atoms with Crippen molar-refractivity contribution in [1.82, 2.24) is 10.9 Å². The Morgan fingerprint density at radius 3 is 1.36 bits per heavy atom. The van der Waals surface area contributed by atoms with Gasteiger partial charge in [0.1, 0.15) is 0 Å². The summed E-state index contributed by atoms with van der Waals surface area (Å²) in [4.78, 5) is 44.9. The van der Waals surface area contributed by atoms with Crippen LogP contribution in [0.15, 0.2) is 34.5 Å². The normalized spacial score (nSPS) is 11.4. The Hall–Kier alpha value is -3.96. The molecule has 0 heterocycles. The Kier molecular flexibility index (Phi) is 8.60. The number of carbonyl (C=O) groups is 4. The number of benzene rings is 1. The van der Waals surface area contributed by atoms with Gasteiger partial charge in [0.25, 0.3) is 0 Å². The molecule has 0 aliphatic heterocycles. The molecule has 8 N–H and O–H groups in total. The van der Waals surface area contributed by atoms with E-state index in [0.717, 1.165) is 0 Å². The molecule has 6 amide bonds. The van der Waals surface area contributed by atoms with E-state index in [0.29, 0.717) is 22.8 Å². The number of nitrogens with zero attached hydrogens (tertiary/aromatic N) is 2. The first-order chi connectivity index (χ1) is 13.2. The number of hydrazone groups is 2. The third kappa shape index (κ3) is 9.50. The first-order valence-electron chi connectivity index (χ1n) is 8.02. The first-order valence-corrected chi connectivity index (χ1v) is 8.02. The number of rotatable bonds is 8. The van der Waals surface area contributed by atoms with E-state index < -0.39 is 12.1 Å². The molecule has 0 fully saturated rings. The van der Waals surface area contributed by atoms with Crippen LogP contribution in [0.4, 0.5) is 21.0 Å². The van der Waals surface area contributed by atoms with Gasteiger partial charge in [-0.15, -0.1) is 0 Å². The number of nitrogens with two attached hydrogens (primary N) is 2. The second-order valence-corrected chi connectivity index (χ2v) is 5.67. The topological polar surface area (TPSA) is 193 Å². The number of nitrogens with one attached hydrogen (secondary N) is 4. The van der Waals surface area contributed by atoms with Crippen LogP contribution in [0.3, 0.4) is 0 Å². The van der Waals surface area contributed by atoms with Crippen LogP contribution in [0.2, 0.25) is 0 Å². The Labute approximate surface area is 160 Å². The molecule has 12 nitrogen and oxygen atoms in total. The number of anilines is 2. The fraction of sp³-hybridized carbons (Fsp3) is 0.250. The van der Waals surface area contributed by atoms with Crippen molar-refractivity contribution in [3.05, 3.63) is 24.3 Å². The maximum atomic E-state index is 11.9. The monoisotopic (exact) mass is 390 g/mol. The SMILES string of the molecule is C/C(CC(=O)Nc1ccc(NC(=O)C/C(C)=N/NC(N)=O)cc1)=N/NC(N)=O. The number of hydrogen-bond acceptors (Lipinski definition) is 6. The van der Waals surface area contributed by atoms with E-state index in [1.54, 1.807) is 38.1 Å². The van der Waals surface area contributed by atoms with E-state index in [2.05, 4.69) is 20.8 Å². The van der Waals surface area contributed by atoms with Gasteiger partial charge in [-0.1, -0.05) is 0 Å². The minimum Gasteiger partial charge on any atom is -0.350 e. The van der Waals surface area contributed by atoms with Gasteiger partial charge in [0.2, 0.25) is 11.8 Å². The molecule has 0 aliphatic rings. The zero-order valence-corrected chi connectivity index (χ0v) is 15.4. The highest BCUT2D eigenvalue weighted by molar-refractivity contribution is 6.07. The van der Waals surface area contributed by atoms with Crippen molar-refractivity contribution in [3.8, 4) is 0 Å². The van der Waals surface area contributed by atoms with Crippen LogP contribution < -0.4 is 33.0 Å². The van der Waals surface area contributed by atoms with Gasteiger partial charge in [-0.2, -0.15) is 10.2 Å². The molecule has 150 valence electrons. The van der Waals surface area contributed by atoms with Gasteiger partial charge in [0, 0.05) is 22.8 Å². The van der Waals surface area contributed by atoms with Crippen molar-refractivity contribution in [2.75, 3.05) is 10.6 Å². The lowest BCUT2D eigenvalue weighted by atomic mass is 10.2. The molecular weight excluding hydrogens is 368 g/mol. The summed E-state index contributed by atoms with van der Waals surface area (Å²) in [6.07, 6.45) is -0.0621. The Balaban J connectivity index is 2.52. The molecule has 1 aromatic rings. The molecule has 12 heteroatoms. The fourth-order valence-corrected chi connectivity index (χ4v) is 1.89. The van der Waals surface area contributed by atoms with Crippen LogP contribution in [0.1, 0.15) is 26.7 Å². The van der Waals surface area contributed by atoms with Crippen molar-refractivity contribution in [1.29, 1.82) is 0 Å². The zero-order chi connectivity index (χ0) is 21.1. The standard InChI is InChI=1S/C16H22N8O4/c1-9(21-23-15(17)27)7-13(25)19-11-3-5-12(6-4-11)20-14(26)8-10(2)22-24-16(18)28/h3-6H,7-8H2,1-2H3,(H,19,25)(H,20,26)(H3,17,23,27)(H3,18,24,28)/b21-9-,22-10+. The van der Waals surface area contributed by atoms with Gasteiger partial charge >= 0.3 is 12.1 Å². The zero-order valence-electron chi connectivity index (χ0n) is 15.4. The lowest BCUT2D eigenvalue weighted by Gasteiger charge is -2.08. The van der Waals surface area contributed by atoms with Crippen molar-refractivity contribution >= 4 is 46.7 Å². The predicted octanol–water partition coefficient (Wildman–Crippen LogP) is 0.432. The van der Waals surface area contributed by atoms with E-state index in [4.69, 9.17) is 11.5 Å². The number of urea groups is 2. The molecule has 0 saturated heterocycles. The highest BCUT2D eigenvalue weighted by Gasteiger charge is 2.07. The van der Waals surface area contributed by atoms with Crippen LogP contribution in [0, 0.1) is 0 Å². The molecule has 1 rings (SSSR count). The maximum Gasteiger partial charge on any atom is 0.332 e. The summed E-state index contributed by atoms with van der Waals surface area (Å²) < 4.78 is 0. The molecule has 0 spiro atoms. The smallest absolute Gasteiger partial charge is 0.332 e. The van der Waals surface area contributed by atoms with Gasteiger partial charge in [-0.3, -0.25) is 9.59 Å². The van der Waals surface area contributed by atoms with Crippen LogP contribution in [0.25, 0.3) is 0 Å². The Bertz CT molecular complexity index is 734. The number of primary amides is 2. The molecular formula is C16H22N8O4. The summed E-state index contributed by atoms with van der Waals surface area (Å²) >= 11 is 0. The predicted molar refractivity (Wildman–Crippen MR) is 105 cm³/mol. The molecule has 28 heavy (non-hydrogen) atoms. The molecule has 0 aromatic heterocycles. The Morgan fingerprint density at radius 1 is 0.750 bits per heavy atom. The van der Waals surface area contributed by atoms with Crippen molar-refractivity contribution in [3.63, 3.8) is 0 Å². The Morgan fingerprint density at radius 2 is 1.07 bits per heavy atom. The quantitative estimate of drug-likeness (QED) is 0.277. The van der Waals surface area contributed by atoms with Gasteiger partial charge in [-0.05, 0) is 38.1 Å². The van der Waals surface area contributed by atoms with E-state index in [1.807, 2.05) is 10.9 Å². The number of amides is 6. The first kappa shape index (κ1) is 22.1. The van der Waals surface area contributed by atoms with Crippen LogP contribution in [-0.2, 0) is 9.59 Å². The summed E-state index contributed by atoms with van der Waals surface area (Å²) in [7, 11) is 0. The van der Waals surface area contributed by atoms with Crippen LogP contribution in [-0.4, -0.2) is 35.3 Å². The van der Waals surface area contributed by atoms with Crippen LogP contribution in [0.5, 0.6) is 0 Å². The second kappa shape index (κ2) is 10.9. The van der Waals surface area contributed by atoms with Crippen molar-refractivity contribution in [2.24, 2.45) is 21.7 Å². The lowest BCUT2D eigenvalue weighted by molar-refractivity contribution is -0.116. The second-order valence-electron chi connectivity index (χ2n) is 5.67. The summed E-state index contributed by atoms with van der Waals surface area (Å²) in [6.45, 7) is 3.14. The summed E-state index contributed by atoms with van der Waals surface area (Å²) in [6, 6.07) is 4.80. The molecule has 1 aromatic carbocycles. The van der Waals surface area contributed by atoms with Gasteiger partial charge < -0.3 is 22.1 Å². The lowest BCUT2D eigenvalue weighted by Crippen LogP contribution is -2.26. The van der Waals surface area contributed by atoms with Gasteiger partial charge in [0.05, 0.1) is 12.8 Å². The largest absolute Gasteiger partial charge is 0.350 e.